The molecular weight excluding hydrogens is 364 g/mol. The second-order valence-electron chi connectivity index (χ2n) is 6.53. The zero-order valence-corrected chi connectivity index (χ0v) is 16.8. The molecular formula is C24H26N2O3. The summed E-state index contributed by atoms with van der Waals surface area (Å²) >= 11 is 0. The maximum Gasteiger partial charge on any atom is 0.253 e. The summed E-state index contributed by atoms with van der Waals surface area (Å²) in [7, 11) is 0. The number of nitrogens with one attached hydrogen (secondary N) is 1. The fourth-order valence-corrected chi connectivity index (χ4v) is 3.13. The first-order valence-electron chi connectivity index (χ1n) is 9.85. The summed E-state index contributed by atoms with van der Waals surface area (Å²) in [6.07, 6.45) is 3.88. The summed E-state index contributed by atoms with van der Waals surface area (Å²) in [5.74, 6) is 1.22. The molecule has 0 aliphatic rings. The minimum atomic E-state index is -0.222. The molecule has 0 saturated carbocycles. The van der Waals surface area contributed by atoms with Crippen molar-refractivity contribution in [1.82, 2.24) is 10.3 Å². The lowest BCUT2D eigenvalue weighted by molar-refractivity contribution is 0.0936. The maximum absolute atomic E-state index is 12.8. The zero-order valence-electron chi connectivity index (χ0n) is 16.8. The third-order valence-electron chi connectivity index (χ3n) is 4.48. The number of hydrogen-bond acceptors (Lipinski definition) is 4. The van der Waals surface area contributed by atoms with Crippen molar-refractivity contribution in [3.05, 3.63) is 89.7 Å². The van der Waals surface area contributed by atoms with Crippen molar-refractivity contribution >= 4 is 5.91 Å². The zero-order chi connectivity index (χ0) is 20.5. The Hall–Kier alpha value is -3.34. The van der Waals surface area contributed by atoms with Crippen LogP contribution in [0.15, 0.2) is 73.1 Å². The van der Waals surface area contributed by atoms with Gasteiger partial charge in [0.05, 0.1) is 24.8 Å². The van der Waals surface area contributed by atoms with Crippen LogP contribution < -0.4 is 14.8 Å². The van der Waals surface area contributed by atoms with E-state index in [-0.39, 0.29) is 11.9 Å². The maximum atomic E-state index is 12.8. The van der Waals surface area contributed by atoms with Crippen LogP contribution in [0.25, 0.3) is 0 Å². The van der Waals surface area contributed by atoms with Gasteiger partial charge in [-0.05, 0) is 55.7 Å². The van der Waals surface area contributed by atoms with Gasteiger partial charge < -0.3 is 14.8 Å². The van der Waals surface area contributed by atoms with E-state index < -0.39 is 0 Å². The SMILES string of the molecule is CCOc1ccc([C@H](Cc2ccccc2)NC(=O)c2cccnc2)cc1OCC. The van der Waals surface area contributed by atoms with Crippen molar-refractivity contribution < 1.29 is 14.3 Å². The van der Waals surface area contributed by atoms with Crippen LogP contribution in [0, 0.1) is 0 Å². The Balaban J connectivity index is 1.91. The van der Waals surface area contributed by atoms with E-state index in [2.05, 4.69) is 22.4 Å². The van der Waals surface area contributed by atoms with Gasteiger partial charge in [-0.25, -0.2) is 0 Å². The van der Waals surface area contributed by atoms with Crippen LogP contribution in [0.4, 0.5) is 0 Å². The number of carbonyl (C=O) groups is 1. The average Bonchev–Trinajstić information content (AvgIpc) is 2.76. The van der Waals surface area contributed by atoms with Gasteiger partial charge in [0.2, 0.25) is 0 Å². The van der Waals surface area contributed by atoms with E-state index in [1.165, 1.54) is 0 Å². The van der Waals surface area contributed by atoms with E-state index in [1.807, 2.05) is 50.2 Å². The summed E-state index contributed by atoms with van der Waals surface area (Å²) in [5.41, 5.74) is 2.62. The molecule has 0 spiro atoms. The summed E-state index contributed by atoms with van der Waals surface area (Å²) in [4.78, 5) is 16.8. The molecule has 5 nitrogen and oxygen atoms in total. The number of hydrogen-bond donors (Lipinski definition) is 1. The summed E-state index contributed by atoms with van der Waals surface area (Å²) < 4.78 is 11.4. The van der Waals surface area contributed by atoms with Gasteiger partial charge in [-0.2, -0.15) is 0 Å². The van der Waals surface area contributed by atoms with Gasteiger partial charge in [-0.1, -0.05) is 36.4 Å². The molecule has 3 aromatic rings. The quantitative estimate of drug-likeness (QED) is 0.580. The van der Waals surface area contributed by atoms with E-state index in [0.717, 1.165) is 11.1 Å². The normalized spacial score (nSPS) is 11.5. The Labute approximate surface area is 171 Å². The van der Waals surface area contributed by atoms with Crippen molar-refractivity contribution in [3.8, 4) is 11.5 Å². The lowest BCUT2D eigenvalue weighted by Crippen LogP contribution is -2.30. The molecule has 150 valence electrons. The number of amides is 1. The van der Waals surface area contributed by atoms with Gasteiger partial charge in [-0.15, -0.1) is 0 Å². The molecule has 29 heavy (non-hydrogen) atoms. The number of pyridine rings is 1. The summed E-state index contributed by atoms with van der Waals surface area (Å²) in [5, 5.41) is 3.14. The Morgan fingerprint density at radius 1 is 0.966 bits per heavy atom. The largest absolute Gasteiger partial charge is 0.490 e. The highest BCUT2D eigenvalue weighted by Gasteiger charge is 2.19. The molecule has 0 bridgehead atoms. The molecule has 1 heterocycles. The van der Waals surface area contributed by atoms with Gasteiger partial charge in [0.25, 0.3) is 5.91 Å². The van der Waals surface area contributed by atoms with Gasteiger partial charge in [0.1, 0.15) is 0 Å². The molecule has 0 aliphatic heterocycles. The minimum Gasteiger partial charge on any atom is -0.490 e. The number of aromatic nitrogens is 1. The van der Waals surface area contributed by atoms with Crippen molar-refractivity contribution in [2.75, 3.05) is 13.2 Å². The predicted octanol–water partition coefficient (Wildman–Crippen LogP) is 4.59. The van der Waals surface area contributed by atoms with E-state index >= 15 is 0 Å². The lowest BCUT2D eigenvalue weighted by Gasteiger charge is -2.21. The molecule has 0 saturated heterocycles. The number of rotatable bonds is 9. The highest BCUT2D eigenvalue weighted by Crippen LogP contribution is 2.32. The molecule has 2 aromatic carbocycles. The average molecular weight is 390 g/mol. The fourth-order valence-electron chi connectivity index (χ4n) is 3.13. The molecule has 1 amide bonds. The molecule has 1 aromatic heterocycles. The van der Waals surface area contributed by atoms with Gasteiger partial charge in [0.15, 0.2) is 11.5 Å². The number of benzene rings is 2. The molecule has 1 N–H and O–H groups in total. The molecule has 3 rings (SSSR count). The van der Waals surface area contributed by atoms with Crippen LogP contribution in [-0.2, 0) is 6.42 Å². The third kappa shape index (κ3) is 5.57. The molecule has 1 atom stereocenters. The summed E-state index contributed by atoms with van der Waals surface area (Å²) in [6, 6.07) is 19.2. The Kier molecular flexibility index (Phi) is 7.22. The smallest absolute Gasteiger partial charge is 0.253 e. The van der Waals surface area contributed by atoms with Crippen LogP contribution in [0.3, 0.4) is 0 Å². The van der Waals surface area contributed by atoms with Gasteiger partial charge >= 0.3 is 0 Å². The fraction of sp³-hybridized carbons (Fsp3) is 0.250. The van der Waals surface area contributed by atoms with Crippen molar-refractivity contribution in [2.24, 2.45) is 0 Å². The first-order valence-corrected chi connectivity index (χ1v) is 9.85. The van der Waals surface area contributed by atoms with Crippen molar-refractivity contribution in [1.29, 1.82) is 0 Å². The predicted molar refractivity (Wildman–Crippen MR) is 113 cm³/mol. The van der Waals surface area contributed by atoms with Crippen molar-refractivity contribution in [2.45, 2.75) is 26.3 Å². The van der Waals surface area contributed by atoms with Crippen LogP contribution in [0.2, 0.25) is 0 Å². The van der Waals surface area contributed by atoms with E-state index in [4.69, 9.17) is 9.47 Å². The first kappa shape index (κ1) is 20.4. The monoisotopic (exact) mass is 390 g/mol. The highest BCUT2D eigenvalue weighted by atomic mass is 16.5. The van der Waals surface area contributed by atoms with Crippen LogP contribution in [0.5, 0.6) is 11.5 Å². The Bertz CT molecular complexity index is 914. The second kappa shape index (κ2) is 10.3. The number of nitrogens with zero attached hydrogens (tertiary/aromatic N) is 1. The van der Waals surface area contributed by atoms with Crippen molar-refractivity contribution in [3.63, 3.8) is 0 Å². The Morgan fingerprint density at radius 2 is 1.72 bits per heavy atom. The van der Waals surface area contributed by atoms with Crippen LogP contribution in [-0.4, -0.2) is 24.1 Å². The van der Waals surface area contributed by atoms with Crippen LogP contribution >= 0.6 is 0 Å². The van der Waals surface area contributed by atoms with E-state index in [1.54, 1.807) is 24.5 Å². The standard InChI is InChI=1S/C24H26N2O3/c1-3-28-22-13-12-19(16-23(22)29-4-2)21(15-18-9-6-5-7-10-18)26-24(27)20-11-8-14-25-17-20/h5-14,16-17,21H,3-4,15H2,1-2H3,(H,26,27)/t21-/m0/s1. The minimum absolute atomic E-state index is 0.161. The highest BCUT2D eigenvalue weighted by molar-refractivity contribution is 5.94. The van der Waals surface area contributed by atoms with Crippen LogP contribution in [0.1, 0.15) is 41.4 Å². The van der Waals surface area contributed by atoms with E-state index in [0.29, 0.717) is 36.7 Å². The molecule has 0 aliphatic carbocycles. The third-order valence-corrected chi connectivity index (χ3v) is 4.48. The molecule has 0 radical (unpaired) electrons. The Morgan fingerprint density at radius 3 is 2.41 bits per heavy atom. The van der Waals surface area contributed by atoms with Gasteiger partial charge in [-0.3, -0.25) is 9.78 Å². The lowest BCUT2D eigenvalue weighted by atomic mass is 9.98. The molecule has 0 fully saturated rings. The second-order valence-corrected chi connectivity index (χ2v) is 6.53. The first-order chi connectivity index (χ1) is 14.2. The molecule has 5 heteroatoms. The number of carbonyl (C=O) groups excluding carboxylic acids is 1. The topological polar surface area (TPSA) is 60.5 Å². The number of ether oxygens (including phenoxy) is 2. The summed E-state index contributed by atoms with van der Waals surface area (Å²) in [6.45, 7) is 4.98. The molecule has 0 unspecified atom stereocenters. The van der Waals surface area contributed by atoms with Gasteiger partial charge in [0, 0.05) is 12.4 Å². The van der Waals surface area contributed by atoms with E-state index in [9.17, 15) is 4.79 Å².